The number of benzene rings is 2. The molecule has 0 radical (unpaired) electrons. The Morgan fingerprint density at radius 2 is 1.66 bits per heavy atom. The first-order valence-corrected chi connectivity index (χ1v) is 12.5. The Morgan fingerprint density at radius 1 is 1.06 bits per heavy atom. The van der Waals surface area contributed by atoms with E-state index in [1.54, 1.807) is 34.9 Å². The quantitative estimate of drug-likeness (QED) is 0.404. The summed E-state index contributed by atoms with van der Waals surface area (Å²) < 4.78 is 0. The zero-order chi connectivity index (χ0) is 23.9. The van der Waals surface area contributed by atoms with E-state index >= 15 is 0 Å². The maximum Gasteiger partial charge on any atom is 0.243 e. The Kier molecular flexibility index (Phi) is 9.93. The summed E-state index contributed by atoms with van der Waals surface area (Å²) in [7, 11) is 0. The number of amides is 2. The van der Waals surface area contributed by atoms with Gasteiger partial charge in [-0.15, -0.1) is 11.8 Å². The summed E-state index contributed by atoms with van der Waals surface area (Å²) in [4.78, 5) is 29.1. The zero-order valence-electron chi connectivity index (χ0n) is 19.4. The van der Waals surface area contributed by atoms with E-state index in [1.165, 1.54) is 5.56 Å². The summed E-state index contributed by atoms with van der Waals surface area (Å²) in [5.74, 6) is 0.339. The number of carbonyl (C=O) groups excluding carboxylic acids is 2. The maximum atomic E-state index is 13.3. The number of nitrogens with zero attached hydrogens (tertiary/aromatic N) is 1. The van der Waals surface area contributed by atoms with Crippen molar-refractivity contribution < 1.29 is 9.59 Å². The minimum Gasteiger partial charge on any atom is -0.350 e. The standard InChI is InChI=1S/C25H32Cl2N2O2S/c1-6-22(24(31)28-25(3,4)5)29(16-19-20(26)8-7-9-21(19)27)23(30)14-15-32-18-12-10-17(2)11-13-18/h7-13,22H,6,14-16H2,1-5H3,(H,28,31)/t22-/m0/s1. The first-order valence-electron chi connectivity index (χ1n) is 10.8. The molecule has 2 aromatic carbocycles. The van der Waals surface area contributed by atoms with E-state index in [4.69, 9.17) is 23.2 Å². The van der Waals surface area contributed by atoms with Crippen molar-refractivity contribution in [3.8, 4) is 0 Å². The molecule has 0 aliphatic carbocycles. The normalized spacial score (nSPS) is 12.3. The minimum atomic E-state index is -0.613. The molecular formula is C25H32Cl2N2O2S. The molecule has 4 nitrogen and oxygen atoms in total. The molecule has 0 aliphatic rings. The van der Waals surface area contributed by atoms with E-state index in [2.05, 4.69) is 29.6 Å². The van der Waals surface area contributed by atoms with E-state index in [0.717, 1.165) is 4.90 Å². The lowest BCUT2D eigenvalue weighted by Crippen LogP contribution is -2.53. The van der Waals surface area contributed by atoms with Crippen LogP contribution in [0.15, 0.2) is 47.4 Å². The topological polar surface area (TPSA) is 49.4 Å². The van der Waals surface area contributed by atoms with Gasteiger partial charge in [-0.1, -0.05) is 53.9 Å². The fraction of sp³-hybridized carbons (Fsp3) is 0.440. The predicted molar refractivity (Wildman–Crippen MR) is 136 cm³/mol. The van der Waals surface area contributed by atoms with Gasteiger partial charge in [0.1, 0.15) is 6.04 Å². The summed E-state index contributed by atoms with van der Waals surface area (Å²) in [6, 6.07) is 12.9. The second kappa shape index (κ2) is 12.0. The zero-order valence-corrected chi connectivity index (χ0v) is 21.7. The van der Waals surface area contributed by atoms with Crippen molar-refractivity contribution in [3.05, 3.63) is 63.6 Å². The van der Waals surface area contributed by atoms with Gasteiger partial charge in [0.25, 0.3) is 0 Å². The Balaban J connectivity index is 2.22. The highest BCUT2D eigenvalue weighted by Crippen LogP contribution is 2.28. The second-order valence-electron chi connectivity index (χ2n) is 8.80. The first-order chi connectivity index (χ1) is 15.0. The first kappa shape index (κ1) is 26.6. The summed E-state index contributed by atoms with van der Waals surface area (Å²) in [6.45, 7) is 9.90. The molecule has 0 aliphatic heterocycles. The monoisotopic (exact) mass is 494 g/mol. The fourth-order valence-corrected chi connectivity index (χ4v) is 4.62. The molecule has 0 spiro atoms. The van der Waals surface area contributed by atoms with Crippen molar-refractivity contribution in [2.24, 2.45) is 0 Å². The molecular weight excluding hydrogens is 463 g/mol. The molecule has 0 saturated heterocycles. The number of carbonyl (C=O) groups is 2. The number of halogens is 2. The van der Waals surface area contributed by atoms with E-state index in [0.29, 0.717) is 34.2 Å². The summed E-state index contributed by atoms with van der Waals surface area (Å²) >= 11 is 14.4. The highest BCUT2D eigenvalue weighted by Gasteiger charge is 2.31. The van der Waals surface area contributed by atoms with Gasteiger partial charge in [-0.3, -0.25) is 9.59 Å². The molecule has 174 valence electrons. The van der Waals surface area contributed by atoms with Crippen molar-refractivity contribution in [2.75, 3.05) is 5.75 Å². The number of thioether (sulfide) groups is 1. The van der Waals surface area contributed by atoms with Crippen LogP contribution in [-0.2, 0) is 16.1 Å². The average Bonchev–Trinajstić information content (AvgIpc) is 2.70. The lowest BCUT2D eigenvalue weighted by Gasteiger charge is -2.33. The predicted octanol–water partition coefficient (Wildman–Crippen LogP) is 6.51. The molecule has 2 amide bonds. The van der Waals surface area contributed by atoms with E-state index < -0.39 is 11.6 Å². The van der Waals surface area contributed by atoms with Gasteiger partial charge >= 0.3 is 0 Å². The summed E-state index contributed by atoms with van der Waals surface area (Å²) in [6.07, 6.45) is 0.792. The van der Waals surface area contributed by atoms with Gasteiger partial charge in [0.05, 0.1) is 0 Å². The molecule has 0 fully saturated rings. The fourth-order valence-electron chi connectivity index (χ4n) is 3.26. The Morgan fingerprint density at radius 3 is 2.19 bits per heavy atom. The van der Waals surface area contributed by atoms with Gasteiger partial charge in [0, 0.05) is 44.8 Å². The molecule has 0 unspecified atom stereocenters. The molecule has 1 N–H and O–H groups in total. The Hall–Kier alpha value is -1.69. The van der Waals surface area contributed by atoms with E-state index in [9.17, 15) is 9.59 Å². The van der Waals surface area contributed by atoms with Crippen molar-refractivity contribution >= 4 is 46.8 Å². The van der Waals surface area contributed by atoms with Crippen LogP contribution in [-0.4, -0.2) is 34.0 Å². The van der Waals surface area contributed by atoms with Crippen LogP contribution >= 0.6 is 35.0 Å². The Bertz CT molecular complexity index is 906. The molecule has 0 heterocycles. The lowest BCUT2D eigenvalue weighted by molar-refractivity contribution is -0.141. The smallest absolute Gasteiger partial charge is 0.243 e. The summed E-state index contributed by atoms with van der Waals surface area (Å²) in [5, 5.41) is 3.97. The molecule has 32 heavy (non-hydrogen) atoms. The van der Waals surface area contributed by atoms with Crippen LogP contribution in [0.3, 0.4) is 0 Å². The molecule has 2 aromatic rings. The van der Waals surface area contributed by atoms with Crippen molar-refractivity contribution in [1.82, 2.24) is 10.2 Å². The van der Waals surface area contributed by atoms with Gasteiger partial charge in [-0.05, 0) is 58.4 Å². The van der Waals surface area contributed by atoms with Crippen molar-refractivity contribution in [2.45, 2.75) is 70.5 Å². The van der Waals surface area contributed by atoms with Gasteiger partial charge in [0.15, 0.2) is 0 Å². The van der Waals surface area contributed by atoms with Crippen LogP contribution < -0.4 is 5.32 Å². The lowest BCUT2D eigenvalue weighted by atomic mass is 10.1. The van der Waals surface area contributed by atoms with Gasteiger partial charge in [-0.2, -0.15) is 0 Å². The maximum absolute atomic E-state index is 13.3. The van der Waals surface area contributed by atoms with Crippen LogP contribution in [0.2, 0.25) is 10.0 Å². The van der Waals surface area contributed by atoms with Gasteiger partial charge in [-0.25, -0.2) is 0 Å². The van der Waals surface area contributed by atoms with Crippen molar-refractivity contribution in [1.29, 1.82) is 0 Å². The molecule has 0 aromatic heterocycles. The van der Waals surface area contributed by atoms with E-state index in [-0.39, 0.29) is 18.4 Å². The summed E-state index contributed by atoms with van der Waals surface area (Å²) in [5.41, 5.74) is 1.45. The molecule has 0 saturated carbocycles. The SMILES string of the molecule is CC[C@@H](C(=O)NC(C)(C)C)N(Cc1c(Cl)cccc1Cl)C(=O)CCSc1ccc(C)cc1. The average molecular weight is 496 g/mol. The third kappa shape index (κ3) is 8.02. The highest BCUT2D eigenvalue weighted by molar-refractivity contribution is 7.99. The van der Waals surface area contributed by atoms with Gasteiger partial charge < -0.3 is 10.2 Å². The number of hydrogen-bond donors (Lipinski definition) is 1. The third-order valence-electron chi connectivity index (χ3n) is 4.88. The molecule has 1 atom stereocenters. The highest BCUT2D eigenvalue weighted by atomic mass is 35.5. The number of rotatable bonds is 9. The number of aryl methyl sites for hydroxylation is 1. The molecule has 0 bridgehead atoms. The largest absolute Gasteiger partial charge is 0.350 e. The van der Waals surface area contributed by atoms with Gasteiger partial charge in [0.2, 0.25) is 11.8 Å². The number of nitrogens with one attached hydrogen (secondary N) is 1. The number of hydrogen-bond acceptors (Lipinski definition) is 3. The molecule has 7 heteroatoms. The Labute approximate surface area is 206 Å². The third-order valence-corrected chi connectivity index (χ3v) is 6.60. The van der Waals surface area contributed by atoms with Crippen LogP contribution in [0, 0.1) is 6.92 Å². The van der Waals surface area contributed by atoms with Crippen LogP contribution in [0.5, 0.6) is 0 Å². The van der Waals surface area contributed by atoms with E-state index in [1.807, 2.05) is 34.6 Å². The minimum absolute atomic E-state index is 0.100. The van der Waals surface area contributed by atoms with Crippen molar-refractivity contribution in [3.63, 3.8) is 0 Å². The van der Waals surface area contributed by atoms with Crippen LogP contribution in [0.4, 0.5) is 0 Å². The van der Waals surface area contributed by atoms with Crippen LogP contribution in [0.1, 0.15) is 51.7 Å². The van der Waals surface area contributed by atoms with Crippen LogP contribution in [0.25, 0.3) is 0 Å². The second-order valence-corrected chi connectivity index (χ2v) is 10.8. The molecule has 2 rings (SSSR count).